The van der Waals surface area contributed by atoms with Gasteiger partial charge in [0.2, 0.25) is 5.91 Å². The predicted octanol–water partition coefficient (Wildman–Crippen LogP) is 2.22. The molecule has 1 atom stereocenters. The van der Waals surface area contributed by atoms with E-state index in [9.17, 15) is 4.79 Å². The first kappa shape index (κ1) is 13.8. The molecule has 2 heterocycles. The number of fused-ring (bicyclic) bond motifs is 1. The Morgan fingerprint density at radius 1 is 1.27 bits per heavy atom. The van der Waals surface area contributed by atoms with Crippen molar-refractivity contribution in [1.29, 1.82) is 0 Å². The van der Waals surface area contributed by atoms with E-state index in [2.05, 4.69) is 40.0 Å². The van der Waals surface area contributed by atoms with Crippen molar-refractivity contribution >= 4 is 16.8 Å². The number of amides is 1. The summed E-state index contributed by atoms with van der Waals surface area (Å²) >= 11 is 0. The van der Waals surface area contributed by atoms with Crippen LogP contribution in [0.15, 0.2) is 30.5 Å². The molecular weight excluding hydrogens is 274 g/mol. The molecule has 116 valence electrons. The van der Waals surface area contributed by atoms with Gasteiger partial charge in [-0.25, -0.2) is 0 Å². The Labute approximate surface area is 130 Å². The van der Waals surface area contributed by atoms with Gasteiger partial charge in [0.1, 0.15) is 0 Å². The molecule has 1 saturated heterocycles. The van der Waals surface area contributed by atoms with Gasteiger partial charge in [0.05, 0.1) is 0 Å². The SMILES string of the molecule is O=C(NCCc1c[nH]c2ccccc12)[C@H]1CC12CCNCC2. The zero-order chi connectivity index (χ0) is 15.0. The number of para-hydroxylation sites is 1. The molecule has 0 unspecified atom stereocenters. The molecule has 1 aliphatic heterocycles. The minimum atomic E-state index is 0.262. The van der Waals surface area contributed by atoms with Crippen molar-refractivity contribution in [2.24, 2.45) is 11.3 Å². The van der Waals surface area contributed by atoms with Gasteiger partial charge in [-0.2, -0.15) is 0 Å². The first-order valence-electron chi connectivity index (χ1n) is 8.32. The minimum Gasteiger partial charge on any atom is -0.361 e. The number of carbonyl (C=O) groups is 1. The molecule has 1 saturated carbocycles. The Morgan fingerprint density at radius 3 is 2.95 bits per heavy atom. The van der Waals surface area contributed by atoms with Crippen LogP contribution in [0.3, 0.4) is 0 Å². The third-order valence-electron chi connectivity index (χ3n) is 5.47. The second-order valence-electron chi connectivity index (χ2n) is 6.77. The smallest absolute Gasteiger partial charge is 0.223 e. The van der Waals surface area contributed by atoms with Crippen molar-refractivity contribution in [2.75, 3.05) is 19.6 Å². The van der Waals surface area contributed by atoms with Crippen LogP contribution in [-0.4, -0.2) is 30.5 Å². The molecule has 22 heavy (non-hydrogen) atoms. The Morgan fingerprint density at radius 2 is 2.09 bits per heavy atom. The first-order valence-corrected chi connectivity index (χ1v) is 8.32. The molecule has 2 aliphatic rings. The number of piperidine rings is 1. The maximum atomic E-state index is 12.3. The predicted molar refractivity (Wildman–Crippen MR) is 87.7 cm³/mol. The molecule has 0 bridgehead atoms. The maximum absolute atomic E-state index is 12.3. The Bertz CT molecular complexity index is 684. The number of nitrogens with one attached hydrogen (secondary N) is 3. The monoisotopic (exact) mass is 297 g/mol. The van der Waals surface area contributed by atoms with Gasteiger partial charge in [-0.3, -0.25) is 4.79 Å². The normalized spacial score (nSPS) is 22.8. The van der Waals surface area contributed by atoms with Gasteiger partial charge in [0, 0.05) is 29.6 Å². The van der Waals surface area contributed by atoms with E-state index in [4.69, 9.17) is 0 Å². The van der Waals surface area contributed by atoms with Crippen LogP contribution in [0.4, 0.5) is 0 Å². The minimum absolute atomic E-state index is 0.262. The lowest BCUT2D eigenvalue weighted by atomic mass is 9.92. The number of aromatic amines is 1. The van der Waals surface area contributed by atoms with Crippen LogP contribution in [0, 0.1) is 11.3 Å². The van der Waals surface area contributed by atoms with Crippen LogP contribution in [-0.2, 0) is 11.2 Å². The number of hydrogen-bond donors (Lipinski definition) is 3. The topological polar surface area (TPSA) is 56.9 Å². The molecular formula is C18H23N3O. The van der Waals surface area contributed by atoms with Crippen LogP contribution in [0.5, 0.6) is 0 Å². The summed E-state index contributed by atoms with van der Waals surface area (Å²) < 4.78 is 0. The summed E-state index contributed by atoms with van der Waals surface area (Å²) in [6.07, 6.45) is 6.36. The van der Waals surface area contributed by atoms with Crippen LogP contribution in [0.1, 0.15) is 24.8 Å². The molecule has 4 nitrogen and oxygen atoms in total. The van der Waals surface area contributed by atoms with Gasteiger partial charge in [0.15, 0.2) is 0 Å². The molecule has 2 fully saturated rings. The Kier molecular flexibility index (Phi) is 3.41. The number of aromatic nitrogens is 1. The lowest BCUT2D eigenvalue weighted by Gasteiger charge is -2.23. The molecule has 1 spiro atoms. The van der Waals surface area contributed by atoms with Gasteiger partial charge in [-0.05, 0) is 55.8 Å². The fraction of sp³-hybridized carbons (Fsp3) is 0.500. The number of carbonyl (C=O) groups excluding carboxylic acids is 1. The fourth-order valence-electron chi connectivity index (χ4n) is 3.98. The van der Waals surface area contributed by atoms with Crippen molar-refractivity contribution in [1.82, 2.24) is 15.6 Å². The third-order valence-corrected chi connectivity index (χ3v) is 5.47. The summed E-state index contributed by atoms with van der Waals surface area (Å²) in [6, 6.07) is 8.32. The number of H-pyrrole nitrogens is 1. The van der Waals surface area contributed by atoms with Crippen LogP contribution in [0.2, 0.25) is 0 Å². The van der Waals surface area contributed by atoms with E-state index in [1.165, 1.54) is 16.5 Å². The molecule has 1 aromatic carbocycles. The summed E-state index contributed by atoms with van der Waals surface area (Å²) in [6.45, 7) is 2.86. The van der Waals surface area contributed by atoms with E-state index in [1.807, 2.05) is 6.07 Å². The molecule has 3 N–H and O–H groups in total. The van der Waals surface area contributed by atoms with E-state index in [-0.39, 0.29) is 11.8 Å². The second-order valence-corrected chi connectivity index (χ2v) is 6.77. The number of hydrogen-bond acceptors (Lipinski definition) is 2. The lowest BCUT2D eigenvalue weighted by Crippen LogP contribution is -2.34. The highest BCUT2D eigenvalue weighted by atomic mass is 16.2. The second kappa shape index (κ2) is 5.43. The largest absolute Gasteiger partial charge is 0.361 e. The molecule has 1 aromatic heterocycles. The molecule has 0 radical (unpaired) electrons. The van der Waals surface area contributed by atoms with E-state index >= 15 is 0 Å². The van der Waals surface area contributed by atoms with Gasteiger partial charge in [0.25, 0.3) is 0 Å². The fourth-order valence-corrected chi connectivity index (χ4v) is 3.98. The Balaban J connectivity index is 1.31. The van der Waals surface area contributed by atoms with E-state index in [0.717, 1.165) is 45.3 Å². The summed E-state index contributed by atoms with van der Waals surface area (Å²) in [5.41, 5.74) is 2.78. The average Bonchev–Trinajstić information content (AvgIpc) is 3.08. The summed E-state index contributed by atoms with van der Waals surface area (Å²) in [7, 11) is 0. The highest BCUT2D eigenvalue weighted by Gasteiger charge is 2.57. The molecule has 4 heteroatoms. The maximum Gasteiger partial charge on any atom is 0.223 e. The summed E-state index contributed by atoms with van der Waals surface area (Å²) in [4.78, 5) is 15.6. The molecule has 1 aliphatic carbocycles. The lowest BCUT2D eigenvalue weighted by molar-refractivity contribution is -0.123. The van der Waals surface area contributed by atoms with E-state index in [1.54, 1.807) is 0 Å². The van der Waals surface area contributed by atoms with E-state index < -0.39 is 0 Å². The Hall–Kier alpha value is -1.81. The van der Waals surface area contributed by atoms with Crippen molar-refractivity contribution in [3.63, 3.8) is 0 Å². The first-order chi connectivity index (χ1) is 10.8. The summed E-state index contributed by atoms with van der Waals surface area (Å²) in [5, 5.41) is 7.79. The van der Waals surface area contributed by atoms with Crippen molar-refractivity contribution < 1.29 is 4.79 Å². The zero-order valence-corrected chi connectivity index (χ0v) is 12.8. The van der Waals surface area contributed by atoms with Crippen LogP contribution >= 0.6 is 0 Å². The summed E-state index contributed by atoms with van der Waals surface area (Å²) in [5.74, 6) is 0.527. The quantitative estimate of drug-likeness (QED) is 0.810. The van der Waals surface area contributed by atoms with Gasteiger partial charge < -0.3 is 15.6 Å². The van der Waals surface area contributed by atoms with Crippen LogP contribution < -0.4 is 10.6 Å². The molecule has 4 rings (SSSR count). The van der Waals surface area contributed by atoms with Gasteiger partial charge in [-0.15, -0.1) is 0 Å². The van der Waals surface area contributed by atoms with Gasteiger partial charge in [-0.1, -0.05) is 18.2 Å². The van der Waals surface area contributed by atoms with E-state index in [0.29, 0.717) is 5.41 Å². The van der Waals surface area contributed by atoms with Crippen LogP contribution in [0.25, 0.3) is 10.9 Å². The van der Waals surface area contributed by atoms with Crippen molar-refractivity contribution in [2.45, 2.75) is 25.7 Å². The number of rotatable bonds is 4. The molecule has 2 aromatic rings. The average molecular weight is 297 g/mol. The molecule has 1 amide bonds. The highest BCUT2D eigenvalue weighted by Crippen LogP contribution is 2.58. The standard InChI is InChI=1S/C18H23N3O/c22-17(15-11-18(15)6-9-19-10-7-18)20-8-5-13-12-21-16-4-2-1-3-14(13)16/h1-4,12,15,19,21H,5-11H2,(H,20,22)/t15-/m1/s1. The van der Waals surface area contributed by atoms with Crippen molar-refractivity contribution in [3.05, 3.63) is 36.0 Å². The highest BCUT2D eigenvalue weighted by molar-refractivity contribution is 5.84. The van der Waals surface area contributed by atoms with Crippen molar-refractivity contribution in [3.8, 4) is 0 Å². The van der Waals surface area contributed by atoms with Gasteiger partial charge >= 0.3 is 0 Å². The zero-order valence-electron chi connectivity index (χ0n) is 12.8. The third kappa shape index (κ3) is 2.41. The number of benzene rings is 1.